The van der Waals surface area contributed by atoms with Gasteiger partial charge in [0.25, 0.3) is 0 Å². The number of hydrogen-bond acceptors (Lipinski definition) is 3. The van der Waals surface area contributed by atoms with Crippen molar-refractivity contribution >= 4 is 15.9 Å². The van der Waals surface area contributed by atoms with Gasteiger partial charge in [-0.25, -0.2) is 12.8 Å². The molecule has 4 rings (SSSR count). The number of nitrogens with zero attached hydrogens (tertiary/aromatic N) is 1. The number of benzene rings is 3. The third-order valence-corrected chi connectivity index (χ3v) is 7.82. The van der Waals surface area contributed by atoms with Gasteiger partial charge in [-0.2, -0.15) is 4.31 Å². The molecule has 1 N–H and O–H groups in total. The molecule has 2 unspecified atom stereocenters. The van der Waals surface area contributed by atoms with Crippen LogP contribution < -0.4 is 5.32 Å². The summed E-state index contributed by atoms with van der Waals surface area (Å²) in [5.41, 5.74) is 2.77. The molecule has 7 heteroatoms. The van der Waals surface area contributed by atoms with Crippen LogP contribution >= 0.6 is 0 Å². The summed E-state index contributed by atoms with van der Waals surface area (Å²) >= 11 is 0. The fourth-order valence-electron chi connectivity index (χ4n) is 4.21. The van der Waals surface area contributed by atoms with Crippen molar-refractivity contribution in [1.82, 2.24) is 9.62 Å². The van der Waals surface area contributed by atoms with E-state index in [1.807, 2.05) is 31.2 Å². The van der Waals surface area contributed by atoms with Crippen LogP contribution in [0.25, 0.3) is 0 Å². The first-order valence-corrected chi connectivity index (χ1v) is 11.9. The molecular weight excluding hydrogens is 427 g/mol. The second-order valence-corrected chi connectivity index (χ2v) is 9.99. The zero-order chi connectivity index (χ0) is 22.7. The molecule has 1 amide bonds. The maximum Gasteiger partial charge on any atom is 0.243 e. The van der Waals surface area contributed by atoms with Gasteiger partial charge in [-0.05, 0) is 47.9 Å². The first kappa shape index (κ1) is 22.2. The van der Waals surface area contributed by atoms with Gasteiger partial charge in [-0.1, -0.05) is 54.6 Å². The Bertz CT molecular complexity index is 1200. The molecule has 1 aliphatic rings. The monoisotopic (exact) mass is 452 g/mol. The van der Waals surface area contributed by atoms with Gasteiger partial charge >= 0.3 is 0 Å². The van der Waals surface area contributed by atoms with Gasteiger partial charge in [0.05, 0.1) is 10.8 Å². The fourth-order valence-corrected chi connectivity index (χ4v) is 5.72. The van der Waals surface area contributed by atoms with E-state index >= 15 is 0 Å². The van der Waals surface area contributed by atoms with Crippen LogP contribution in [0.3, 0.4) is 0 Å². The van der Waals surface area contributed by atoms with Crippen LogP contribution in [0.1, 0.15) is 22.6 Å². The third kappa shape index (κ3) is 4.59. The molecule has 3 aromatic rings. The summed E-state index contributed by atoms with van der Waals surface area (Å²) in [5, 5.41) is 2.91. The average molecular weight is 453 g/mol. The Morgan fingerprint density at radius 3 is 2.31 bits per heavy atom. The Morgan fingerprint density at radius 2 is 1.62 bits per heavy atom. The molecule has 5 nitrogen and oxygen atoms in total. The number of sulfonamides is 1. The molecule has 0 saturated carbocycles. The zero-order valence-electron chi connectivity index (χ0n) is 17.7. The topological polar surface area (TPSA) is 66.5 Å². The van der Waals surface area contributed by atoms with Crippen molar-refractivity contribution in [3.8, 4) is 0 Å². The van der Waals surface area contributed by atoms with Gasteiger partial charge in [0.1, 0.15) is 5.82 Å². The minimum atomic E-state index is -3.72. The van der Waals surface area contributed by atoms with Gasteiger partial charge < -0.3 is 5.32 Å². The highest BCUT2D eigenvalue weighted by atomic mass is 32.2. The highest BCUT2D eigenvalue weighted by molar-refractivity contribution is 7.89. The number of hydrogen-bond donors (Lipinski definition) is 1. The Kier molecular flexibility index (Phi) is 6.39. The standard InChI is InChI=1S/C25H25FN2O3S/c1-18-7-5-6-10-22(18)23-16-28(32(30,31)21-8-3-2-4-9-21)17-24(23)25(29)27-15-19-11-13-20(26)14-12-19/h2-14,23-24H,15-17H2,1H3,(H,27,29). The smallest absolute Gasteiger partial charge is 0.243 e. The van der Waals surface area contributed by atoms with Crippen molar-refractivity contribution in [3.05, 3.63) is 101 Å². The minimum absolute atomic E-state index is 0.103. The number of carbonyl (C=O) groups excluding carboxylic acids is 1. The van der Waals surface area contributed by atoms with E-state index < -0.39 is 15.9 Å². The molecule has 1 fully saturated rings. The van der Waals surface area contributed by atoms with Crippen molar-refractivity contribution in [2.45, 2.75) is 24.3 Å². The van der Waals surface area contributed by atoms with E-state index in [2.05, 4.69) is 5.32 Å². The van der Waals surface area contributed by atoms with Crippen molar-refractivity contribution < 1.29 is 17.6 Å². The Labute approximate surface area is 187 Å². The van der Waals surface area contributed by atoms with E-state index in [1.54, 1.807) is 42.5 Å². The average Bonchev–Trinajstić information content (AvgIpc) is 3.26. The molecule has 0 aliphatic carbocycles. The molecule has 1 saturated heterocycles. The van der Waals surface area contributed by atoms with Crippen LogP contribution in [0.2, 0.25) is 0 Å². The minimum Gasteiger partial charge on any atom is -0.352 e. The van der Waals surface area contributed by atoms with E-state index in [1.165, 1.54) is 16.4 Å². The van der Waals surface area contributed by atoms with Crippen LogP contribution in [-0.2, 0) is 21.4 Å². The predicted octanol–water partition coefficient (Wildman–Crippen LogP) is 3.85. The summed E-state index contributed by atoms with van der Waals surface area (Å²) in [6.45, 7) is 2.56. The number of nitrogens with one attached hydrogen (secondary N) is 1. The highest BCUT2D eigenvalue weighted by Crippen LogP contribution is 2.37. The second kappa shape index (κ2) is 9.22. The molecule has 32 heavy (non-hydrogen) atoms. The fraction of sp³-hybridized carbons (Fsp3) is 0.240. The van der Waals surface area contributed by atoms with Crippen LogP contribution in [0.15, 0.2) is 83.8 Å². The normalized spacial score (nSPS) is 19.1. The van der Waals surface area contributed by atoms with Crippen molar-refractivity contribution in [2.75, 3.05) is 13.1 Å². The summed E-state index contributed by atoms with van der Waals surface area (Å²) in [6.07, 6.45) is 0. The zero-order valence-corrected chi connectivity index (χ0v) is 18.6. The maximum absolute atomic E-state index is 13.2. The van der Waals surface area contributed by atoms with E-state index in [-0.39, 0.29) is 42.2 Å². The lowest BCUT2D eigenvalue weighted by Gasteiger charge is -2.20. The summed E-state index contributed by atoms with van der Waals surface area (Å²) < 4.78 is 41.0. The lowest BCUT2D eigenvalue weighted by Crippen LogP contribution is -2.35. The van der Waals surface area contributed by atoms with Gasteiger partial charge in [0, 0.05) is 25.6 Å². The molecule has 1 heterocycles. The number of carbonyl (C=O) groups is 1. The Morgan fingerprint density at radius 1 is 0.969 bits per heavy atom. The first-order valence-electron chi connectivity index (χ1n) is 10.5. The van der Waals surface area contributed by atoms with Crippen LogP contribution in [0.5, 0.6) is 0 Å². The van der Waals surface area contributed by atoms with E-state index in [9.17, 15) is 17.6 Å². The third-order valence-electron chi connectivity index (χ3n) is 5.97. The summed E-state index contributed by atoms with van der Waals surface area (Å²) in [4.78, 5) is 13.4. The van der Waals surface area contributed by atoms with E-state index in [0.717, 1.165) is 16.7 Å². The quantitative estimate of drug-likeness (QED) is 0.618. The van der Waals surface area contributed by atoms with Gasteiger partial charge in [-0.3, -0.25) is 4.79 Å². The van der Waals surface area contributed by atoms with Gasteiger partial charge in [0.2, 0.25) is 15.9 Å². The lowest BCUT2D eigenvalue weighted by atomic mass is 9.86. The SMILES string of the molecule is Cc1ccccc1C1CN(S(=O)(=O)c2ccccc2)CC1C(=O)NCc1ccc(F)cc1. The number of rotatable bonds is 6. The first-order chi connectivity index (χ1) is 15.4. The predicted molar refractivity (Wildman–Crippen MR) is 121 cm³/mol. The molecule has 2 atom stereocenters. The van der Waals surface area contributed by atoms with Crippen LogP contribution in [0, 0.1) is 18.7 Å². The Balaban J connectivity index is 1.59. The second-order valence-electron chi connectivity index (χ2n) is 8.05. The number of aryl methyl sites for hydroxylation is 1. The van der Waals surface area contributed by atoms with Crippen LogP contribution in [0.4, 0.5) is 4.39 Å². The number of halogens is 1. The van der Waals surface area contributed by atoms with Gasteiger partial charge in [0.15, 0.2) is 0 Å². The van der Waals surface area contributed by atoms with Crippen molar-refractivity contribution in [1.29, 1.82) is 0 Å². The molecular formula is C25H25FN2O3S. The summed E-state index contributed by atoms with van der Waals surface area (Å²) in [7, 11) is -3.72. The molecule has 166 valence electrons. The van der Waals surface area contributed by atoms with Crippen molar-refractivity contribution in [3.63, 3.8) is 0 Å². The molecule has 0 radical (unpaired) electrons. The molecule has 3 aromatic carbocycles. The Hall–Kier alpha value is -3.03. The summed E-state index contributed by atoms with van der Waals surface area (Å²) in [5.74, 6) is -1.34. The maximum atomic E-state index is 13.2. The van der Waals surface area contributed by atoms with Gasteiger partial charge in [-0.15, -0.1) is 0 Å². The highest BCUT2D eigenvalue weighted by Gasteiger charge is 2.43. The van der Waals surface area contributed by atoms with Crippen LogP contribution in [-0.4, -0.2) is 31.7 Å². The summed E-state index contributed by atoms with van der Waals surface area (Å²) in [6, 6.07) is 22.0. The molecule has 1 aliphatic heterocycles. The molecule has 0 spiro atoms. The van der Waals surface area contributed by atoms with E-state index in [4.69, 9.17) is 0 Å². The van der Waals surface area contributed by atoms with E-state index in [0.29, 0.717) is 0 Å². The largest absolute Gasteiger partial charge is 0.352 e. The van der Waals surface area contributed by atoms with Crippen molar-refractivity contribution in [2.24, 2.45) is 5.92 Å². The lowest BCUT2D eigenvalue weighted by molar-refractivity contribution is -0.125. The molecule has 0 aromatic heterocycles. The molecule has 0 bridgehead atoms. The number of amides is 1.